The topological polar surface area (TPSA) is 53.1 Å². The molecule has 1 aromatic carbocycles. The van der Waals surface area contributed by atoms with E-state index in [9.17, 15) is 0 Å². The number of aryl methyl sites for hydroxylation is 1. The highest BCUT2D eigenvalue weighted by Crippen LogP contribution is 2.17. The van der Waals surface area contributed by atoms with E-state index in [0.29, 0.717) is 13.2 Å². The van der Waals surface area contributed by atoms with Crippen molar-refractivity contribution in [2.75, 3.05) is 6.61 Å². The third kappa shape index (κ3) is 2.90. The first-order chi connectivity index (χ1) is 8.70. The fourth-order valence-corrected chi connectivity index (χ4v) is 1.99. The molecule has 0 radical (unpaired) electrons. The molecule has 18 heavy (non-hydrogen) atoms. The molecule has 0 fully saturated rings. The molecule has 1 heterocycles. The van der Waals surface area contributed by atoms with Gasteiger partial charge in [0.1, 0.15) is 0 Å². The van der Waals surface area contributed by atoms with E-state index in [1.807, 2.05) is 29.9 Å². The first-order valence-corrected chi connectivity index (χ1v) is 6.17. The number of benzene rings is 1. The summed E-state index contributed by atoms with van der Waals surface area (Å²) in [6, 6.07) is 8.11. The minimum absolute atomic E-state index is 0.0550. The fraction of sp³-hybridized carbons (Fsp3) is 0.357. The molecule has 0 amide bonds. The van der Waals surface area contributed by atoms with Crippen molar-refractivity contribution in [1.82, 2.24) is 9.78 Å². The van der Waals surface area contributed by atoms with Crippen molar-refractivity contribution in [3.05, 3.63) is 47.8 Å². The summed E-state index contributed by atoms with van der Waals surface area (Å²) in [6.45, 7) is 5.33. The zero-order valence-corrected chi connectivity index (χ0v) is 10.8. The number of ether oxygens (including phenoxy) is 1. The predicted octanol–water partition coefficient (Wildman–Crippen LogP) is 2.29. The standard InChI is InChI=1S/C14H19N3O/c1-3-18-12-8-16-17(9-12)10-14(15)13-7-5-4-6-11(13)2/h4-9,14H,3,10,15H2,1-2H3. The summed E-state index contributed by atoms with van der Waals surface area (Å²) in [5.74, 6) is 0.787. The van der Waals surface area contributed by atoms with Crippen LogP contribution in [-0.4, -0.2) is 16.4 Å². The third-order valence-corrected chi connectivity index (χ3v) is 2.89. The Morgan fingerprint density at radius 3 is 2.89 bits per heavy atom. The summed E-state index contributed by atoms with van der Waals surface area (Å²) >= 11 is 0. The number of aromatic nitrogens is 2. The van der Waals surface area contributed by atoms with Gasteiger partial charge in [0, 0.05) is 6.04 Å². The van der Waals surface area contributed by atoms with Gasteiger partial charge in [-0.1, -0.05) is 24.3 Å². The van der Waals surface area contributed by atoms with Crippen LogP contribution in [0.25, 0.3) is 0 Å². The highest BCUT2D eigenvalue weighted by Gasteiger charge is 2.10. The summed E-state index contributed by atoms with van der Waals surface area (Å²) in [4.78, 5) is 0. The quantitative estimate of drug-likeness (QED) is 0.879. The Morgan fingerprint density at radius 2 is 2.17 bits per heavy atom. The number of rotatable bonds is 5. The van der Waals surface area contributed by atoms with E-state index in [1.165, 1.54) is 5.56 Å². The fourth-order valence-electron chi connectivity index (χ4n) is 1.99. The zero-order chi connectivity index (χ0) is 13.0. The Balaban J connectivity index is 2.06. The van der Waals surface area contributed by atoms with E-state index in [2.05, 4.69) is 24.2 Å². The second kappa shape index (κ2) is 5.69. The van der Waals surface area contributed by atoms with Crippen LogP contribution in [0.1, 0.15) is 24.1 Å². The van der Waals surface area contributed by atoms with Gasteiger partial charge in [0.25, 0.3) is 0 Å². The van der Waals surface area contributed by atoms with Crippen molar-refractivity contribution in [2.45, 2.75) is 26.4 Å². The van der Waals surface area contributed by atoms with Crippen molar-refractivity contribution in [3.63, 3.8) is 0 Å². The molecule has 1 atom stereocenters. The number of nitrogens with zero attached hydrogens (tertiary/aromatic N) is 2. The molecule has 0 aliphatic rings. The molecule has 0 aliphatic carbocycles. The lowest BCUT2D eigenvalue weighted by molar-refractivity contribution is 0.339. The molecular weight excluding hydrogens is 226 g/mol. The van der Waals surface area contributed by atoms with Crippen LogP contribution in [0.15, 0.2) is 36.7 Å². The van der Waals surface area contributed by atoms with Gasteiger partial charge in [-0.25, -0.2) is 0 Å². The molecule has 2 aromatic rings. The van der Waals surface area contributed by atoms with Crippen LogP contribution in [0.2, 0.25) is 0 Å². The van der Waals surface area contributed by atoms with Crippen LogP contribution in [0, 0.1) is 6.92 Å². The second-order valence-corrected chi connectivity index (χ2v) is 4.29. The van der Waals surface area contributed by atoms with Gasteiger partial charge in [0.05, 0.1) is 25.5 Å². The second-order valence-electron chi connectivity index (χ2n) is 4.29. The van der Waals surface area contributed by atoms with Crippen LogP contribution in [0.3, 0.4) is 0 Å². The zero-order valence-electron chi connectivity index (χ0n) is 10.8. The largest absolute Gasteiger partial charge is 0.491 e. The Morgan fingerprint density at radius 1 is 1.39 bits per heavy atom. The Hall–Kier alpha value is -1.81. The molecule has 1 aromatic heterocycles. The summed E-state index contributed by atoms with van der Waals surface area (Å²) in [6.07, 6.45) is 3.59. The molecular formula is C14H19N3O. The third-order valence-electron chi connectivity index (χ3n) is 2.89. The number of hydrogen-bond donors (Lipinski definition) is 1. The summed E-state index contributed by atoms with van der Waals surface area (Å²) < 4.78 is 7.19. The minimum Gasteiger partial charge on any atom is -0.491 e. The molecule has 4 heteroatoms. The molecule has 1 unspecified atom stereocenters. The van der Waals surface area contributed by atoms with Crippen molar-refractivity contribution >= 4 is 0 Å². The molecule has 0 saturated heterocycles. The maximum Gasteiger partial charge on any atom is 0.157 e. The van der Waals surface area contributed by atoms with Crippen molar-refractivity contribution in [1.29, 1.82) is 0 Å². The van der Waals surface area contributed by atoms with Crippen LogP contribution in [-0.2, 0) is 6.54 Å². The SMILES string of the molecule is CCOc1cnn(CC(N)c2ccccc2C)c1. The molecule has 0 saturated carbocycles. The van der Waals surface area contributed by atoms with Crippen LogP contribution in [0.5, 0.6) is 5.75 Å². The van der Waals surface area contributed by atoms with Gasteiger partial charge in [-0.3, -0.25) is 4.68 Å². The van der Waals surface area contributed by atoms with Crippen LogP contribution in [0.4, 0.5) is 0 Å². The molecule has 0 aliphatic heterocycles. The van der Waals surface area contributed by atoms with E-state index in [4.69, 9.17) is 10.5 Å². The highest BCUT2D eigenvalue weighted by atomic mass is 16.5. The van der Waals surface area contributed by atoms with Gasteiger partial charge in [-0.15, -0.1) is 0 Å². The number of hydrogen-bond acceptors (Lipinski definition) is 3. The monoisotopic (exact) mass is 245 g/mol. The van der Waals surface area contributed by atoms with E-state index in [-0.39, 0.29) is 6.04 Å². The Kier molecular flexibility index (Phi) is 3.99. The maximum absolute atomic E-state index is 6.21. The summed E-state index contributed by atoms with van der Waals surface area (Å²) in [5.41, 5.74) is 8.58. The first-order valence-electron chi connectivity index (χ1n) is 6.17. The van der Waals surface area contributed by atoms with Crippen LogP contribution >= 0.6 is 0 Å². The lowest BCUT2D eigenvalue weighted by atomic mass is 10.0. The minimum atomic E-state index is -0.0550. The van der Waals surface area contributed by atoms with Crippen molar-refractivity contribution in [2.24, 2.45) is 5.73 Å². The molecule has 0 spiro atoms. The summed E-state index contributed by atoms with van der Waals surface area (Å²) in [7, 11) is 0. The van der Waals surface area contributed by atoms with E-state index < -0.39 is 0 Å². The van der Waals surface area contributed by atoms with E-state index in [1.54, 1.807) is 6.20 Å². The van der Waals surface area contributed by atoms with Gasteiger partial charge in [-0.05, 0) is 25.0 Å². The maximum atomic E-state index is 6.21. The Labute approximate surface area is 107 Å². The van der Waals surface area contributed by atoms with Gasteiger partial charge in [0.15, 0.2) is 5.75 Å². The first kappa shape index (κ1) is 12.6. The average Bonchev–Trinajstić information content (AvgIpc) is 2.77. The van der Waals surface area contributed by atoms with E-state index >= 15 is 0 Å². The molecule has 96 valence electrons. The molecule has 0 bridgehead atoms. The predicted molar refractivity (Wildman–Crippen MR) is 71.5 cm³/mol. The molecule has 2 rings (SSSR count). The van der Waals surface area contributed by atoms with Gasteiger partial charge in [-0.2, -0.15) is 5.10 Å². The van der Waals surface area contributed by atoms with Crippen LogP contribution < -0.4 is 10.5 Å². The van der Waals surface area contributed by atoms with E-state index in [0.717, 1.165) is 11.3 Å². The van der Waals surface area contributed by atoms with Crippen molar-refractivity contribution in [3.8, 4) is 5.75 Å². The lowest BCUT2D eigenvalue weighted by Crippen LogP contribution is -2.18. The van der Waals surface area contributed by atoms with Gasteiger partial charge in [0.2, 0.25) is 0 Å². The van der Waals surface area contributed by atoms with Gasteiger partial charge < -0.3 is 10.5 Å². The lowest BCUT2D eigenvalue weighted by Gasteiger charge is -2.14. The smallest absolute Gasteiger partial charge is 0.157 e. The average molecular weight is 245 g/mol. The van der Waals surface area contributed by atoms with Gasteiger partial charge >= 0.3 is 0 Å². The number of nitrogens with two attached hydrogens (primary N) is 1. The molecule has 2 N–H and O–H groups in total. The summed E-state index contributed by atoms with van der Waals surface area (Å²) in [5, 5.41) is 4.24. The van der Waals surface area contributed by atoms with Crippen molar-refractivity contribution < 1.29 is 4.74 Å². The highest BCUT2D eigenvalue weighted by molar-refractivity contribution is 5.28. The normalized spacial score (nSPS) is 12.4. The molecule has 4 nitrogen and oxygen atoms in total. The Bertz CT molecular complexity index is 507.